The largest absolute Gasteiger partial charge is 0.756 e. The molecule has 0 aromatic carbocycles. The molecule has 3 aliphatic heterocycles. The van der Waals surface area contributed by atoms with Crippen molar-refractivity contribution >= 4 is 15.6 Å². The number of H-pyrrole nitrogens is 1. The van der Waals surface area contributed by atoms with Crippen molar-refractivity contribution in [1.29, 1.82) is 0 Å². The zero-order chi connectivity index (χ0) is 36.3. The summed E-state index contributed by atoms with van der Waals surface area (Å²) in [4.78, 5) is 49.1. The van der Waals surface area contributed by atoms with Gasteiger partial charge in [-0.1, -0.05) is 13.8 Å². The molecule has 25 heteroatoms. The number of nitrogens with one attached hydrogen (secondary N) is 1. The number of nitrogens with zero attached hydrogens (tertiary/aromatic N) is 1. The second-order valence-electron chi connectivity index (χ2n) is 11.1. The lowest BCUT2D eigenvalue weighted by atomic mass is 9.93. The first-order valence-electron chi connectivity index (χ1n) is 14.2. The summed E-state index contributed by atoms with van der Waals surface area (Å²) in [7, 11) is -11.5. The van der Waals surface area contributed by atoms with E-state index in [2.05, 4.69) is 13.4 Å². The van der Waals surface area contributed by atoms with Crippen LogP contribution >= 0.6 is 15.6 Å². The topological polar surface area (TPSA) is 373 Å². The molecule has 0 saturated carbocycles. The molecule has 0 aliphatic carbocycles. The van der Waals surface area contributed by atoms with Crippen LogP contribution in [0, 0.1) is 11.8 Å². The van der Waals surface area contributed by atoms with Gasteiger partial charge >= 0.3 is 5.69 Å². The highest BCUT2D eigenvalue weighted by Gasteiger charge is 2.46. The molecule has 1 aromatic rings. The summed E-state index contributed by atoms with van der Waals surface area (Å²) in [5.41, 5.74) is -1.74. The molecule has 0 amide bonds. The van der Waals surface area contributed by atoms with E-state index in [4.69, 9.17) is 24.4 Å². The van der Waals surface area contributed by atoms with Crippen LogP contribution in [0.2, 0.25) is 0 Å². The van der Waals surface area contributed by atoms with Gasteiger partial charge in [-0.25, -0.2) is 9.11 Å². The fourth-order valence-corrected chi connectivity index (χ4v) is 6.90. The molecule has 0 spiro atoms. The summed E-state index contributed by atoms with van der Waals surface area (Å²) in [6.07, 6.45) is -16.4. The summed E-state index contributed by atoms with van der Waals surface area (Å²) in [5, 5.41) is 85.6. The number of hydrogen-bond acceptors (Lipinski definition) is 21. The van der Waals surface area contributed by atoms with Gasteiger partial charge in [0.05, 0.1) is 32.0 Å². The Balaban J connectivity index is 0.000000437. The average Bonchev–Trinajstić information content (AvgIpc) is 3.29. The minimum Gasteiger partial charge on any atom is -0.756 e. The maximum absolute atomic E-state index is 12.1. The van der Waals surface area contributed by atoms with Gasteiger partial charge < -0.3 is 74.5 Å². The Kier molecular flexibility index (Phi) is 14.2. The van der Waals surface area contributed by atoms with Crippen LogP contribution in [0.4, 0.5) is 0 Å². The van der Waals surface area contributed by atoms with Crippen molar-refractivity contribution in [1.82, 2.24) is 9.55 Å². The van der Waals surface area contributed by atoms with Crippen LogP contribution in [0.3, 0.4) is 0 Å². The van der Waals surface area contributed by atoms with Crippen LogP contribution in [-0.4, -0.2) is 143 Å². The van der Waals surface area contributed by atoms with Gasteiger partial charge in [0.1, 0.15) is 42.7 Å². The van der Waals surface area contributed by atoms with Gasteiger partial charge in [-0.15, -0.1) is 0 Å². The van der Waals surface area contributed by atoms with Crippen LogP contribution in [0.15, 0.2) is 21.9 Å². The van der Waals surface area contributed by atoms with Crippen LogP contribution in [0.5, 0.6) is 0 Å². The van der Waals surface area contributed by atoms with Crippen molar-refractivity contribution in [3.8, 4) is 0 Å². The quantitative estimate of drug-likeness (QED) is 0.0996. The van der Waals surface area contributed by atoms with Gasteiger partial charge in [0.2, 0.25) is 0 Å². The molecule has 4 heterocycles. The molecule has 16 atom stereocenters. The predicted octanol–water partition coefficient (Wildman–Crippen LogP) is -6.73. The fraction of sp³-hybridized carbons (Fsp3) is 0.826. The maximum atomic E-state index is 12.1. The number of ether oxygens (including phenoxy) is 3. The molecule has 3 fully saturated rings. The fourth-order valence-electron chi connectivity index (χ4n) is 4.76. The number of aliphatic hydroxyl groups is 9. The number of rotatable bonds is 10. The van der Waals surface area contributed by atoms with Crippen LogP contribution in [-0.2, 0) is 36.7 Å². The van der Waals surface area contributed by atoms with Crippen molar-refractivity contribution < 1.29 is 92.4 Å². The normalized spacial score (nSPS) is 41.1. The standard InChI is InChI=1S/C16H26N2O16P2.C7H14O5/c1-6-10(21)11(22)7(4-19)32-15(6)33-36(28,29)34-35(26,27)30-5-8-12(23)13(24)14(31-8)18-3-2-9(20)17-16(18)25;1-3-5(9)6(10)4(2-8)12-7(3)11/h2-3,6-8,10-15,19,21-24H,4-5H2,1H3,(H,26,27)(H,28,29)(H,17,20,25);3-11H,2H2,1H3/p-2/t6?,7?,8-,10-,11-,12+,13?,14-,15-;3?,4?,5-,6-,7?/m11/s1. The second kappa shape index (κ2) is 16.7. The summed E-state index contributed by atoms with van der Waals surface area (Å²) in [6.45, 7) is 0.475. The Morgan fingerprint density at radius 3 is 1.90 bits per heavy atom. The van der Waals surface area contributed by atoms with Crippen LogP contribution in [0.1, 0.15) is 20.1 Å². The maximum Gasteiger partial charge on any atom is 0.330 e. The first kappa shape index (κ1) is 40.9. The first-order valence-corrected chi connectivity index (χ1v) is 17.1. The van der Waals surface area contributed by atoms with E-state index in [-0.39, 0.29) is 0 Å². The Hall–Kier alpha value is -1.54. The number of aromatic amines is 1. The second-order valence-corrected chi connectivity index (χ2v) is 14.0. The molecule has 8 unspecified atom stereocenters. The number of hydrogen-bond donors (Lipinski definition) is 10. The van der Waals surface area contributed by atoms with Gasteiger partial charge in [-0.2, -0.15) is 0 Å². The number of aromatic nitrogens is 2. The summed E-state index contributed by atoms with van der Waals surface area (Å²) >= 11 is 0. The molecule has 1 aromatic heterocycles. The molecule has 4 rings (SSSR count). The molecule has 0 bridgehead atoms. The minimum atomic E-state index is -5.74. The Morgan fingerprint density at radius 2 is 1.33 bits per heavy atom. The molecule has 3 aliphatic rings. The predicted molar refractivity (Wildman–Crippen MR) is 147 cm³/mol. The van der Waals surface area contributed by atoms with E-state index in [1.165, 1.54) is 6.92 Å². The monoisotopic (exact) mass is 740 g/mol. The molecule has 3 saturated heterocycles. The third-order valence-corrected chi connectivity index (χ3v) is 10.2. The zero-order valence-electron chi connectivity index (χ0n) is 25.1. The van der Waals surface area contributed by atoms with Gasteiger partial charge in [-0.3, -0.25) is 28.0 Å². The zero-order valence-corrected chi connectivity index (χ0v) is 26.9. The van der Waals surface area contributed by atoms with Gasteiger partial charge in [0.15, 0.2) is 18.8 Å². The molecule has 10 N–H and O–H groups in total. The van der Waals surface area contributed by atoms with Crippen molar-refractivity contribution in [3.63, 3.8) is 0 Å². The van der Waals surface area contributed by atoms with Crippen LogP contribution < -0.4 is 21.0 Å². The lowest BCUT2D eigenvalue weighted by Gasteiger charge is -2.42. The SMILES string of the molecule is CC1C(O)OC(CO)[C@@H](O)[C@@H]1O.CC1[C@@H](OP(=O)([O-])OP(=O)([O-])OC[C@H]2O[C@@H](n3ccc(=O)[nH]c3=O)C(O)[C@H]2O)OC(CO)[C@@H](O)[C@@H]1O. The lowest BCUT2D eigenvalue weighted by molar-refractivity contribution is -0.292. The van der Waals surface area contributed by atoms with Crippen molar-refractivity contribution in [2.45, 2.75) is 87.6 Å². The highest BCUT2D eigenvalue weighted by molar-refractivity contribution is 7.59. The first-order chi connectivity index (χ1) is 22.2. The summed E-state index contributed by atoms with van der Waals surface area (Å²) in [6, 6.07) is 0.929. The van der Waals surface area contributed by atoms with Crippen molar-refractivity contribution in [3.05, 3.63) is 33.1 Å². The van der Waals surface area contributed by atoms with E-state index in [1.54, 1.807) is 6.92 Å². The third kappa shape index (κ3) is 9.82. The summed E-state index contributed by atoms with van der Waals surface area (Å²) < 4.78 is 52.8. The molecule has 0 radical (unpaired) electrons. The van der Waals surface area contributed by atoms with Gasteiger partial charge in [-0.05, 0) is 0 Å². The average molecular weight is 740 g/mol. The smallest absolute Gasteiger partial charge is 0.330 e. The van der Waals surface area contributed by atoms with Gasteiger partial charge in [0.25, 0.3) is 21.2 Å². The molecule has 278 valence electrons. The van der Waals surface area contributed by atoms with Crippen molar-refractivity contribution in [2.24, 2.45) is 11.8 Å². The van der Waals surface area contributed by atoms with E-state index < -0.39 is 132 Å². The molecular weight excluding hydrogens is 702 g/mol. The van der Waals surface area contributed by atoms with E-state index in [9.17, 15) is 64.3 Å². The molecule has 23 nitrogen and oxygen atoms in total. The Bertz CT molecular complexity index is 1410. The Morgan fingerprint density at radius 1 is 0.792 bits per heavy atom. The van der Waals surface area contributed by atoms with E-state index >= 15 is 0 Å². The summed E-state index contributed by atoms with van der Waals surface area (Å²) in [5.74, 6) is -1.74. The molecule has 48 heavy (non-hydrogen) atoms. The number of phosphoric ester groups is 2. The van der Waals surface area contributed by atoms with E-state index in [0.717, 1.165) is 16.8 Å². The Labute approximate surface area is 270 Å². The molecular formula is C23H38N2O21P2-2. The van der Waals surface area contributed by atoms with Crippen molar-refractivity contribution in [2.75, 3.05) is 19.8 Å². The lowest BCUT2D eigenvalue weighted by Crippen LogP contribution is -2.55. The number of aliphatic hydroxyl groups excluding tert-OH is 9. The van der Waals surface area contributed by atoms with E-state index in [1.807, 2.05) is 4.98 Å². The van der Waals surface area contributed by atoms with Gasteiger partial charge in [0, 0.05) is 24.1 Å². The van der Waals surface area contributed by atoms with Crippen LogP contribution in [0.25, 0.3) is 0 Å². The highest BCUT2D eigenvalue weighted by atomic mass is 31.3. The highest BCUT2D eigenvalue weighted by Crippen LogP contribution is 2.57. The third-order valence-electron chi connectivity index (χ3n) is 7.69. The minimum absolute atomic E-state index is 0.415. The number of phosphoric acid groups is 2. The van der Waals surface area contributed by atoms with E-state index in [0.29, 0.717) is 0 Å².